The zero-order valence-electron chi connectivity index (χ0n) is 18.6. The van der Waals surface area contributed by atoms with Gasteiger partial charge in [0.2, 0.25) is 0 Å². The summed E-state index contributed by atoms with van der Waals surface area (Å²) in [7, 11) is 4.62. The number of carbonyl (C=O) groups is 1. The minimum Gasteiger partial charge on any atom is -1.00 e. The minimum absolute atomic E-state index is 0. The van der Waals surface area contributed by atoms with Crippen molar-refractivity contribution in [3.63, 3.8) is 0 Å². The van der Waals surface area contributed by atoms with Crippen LogP contribution in [0.3, 0.4) is 0 Å². The molecule has 0 radical (unpaired) electrons. The molecule has 1 heterocycles. The molecule has 1 aliphatic heterocycles. The number of benzene rings is 2. The van der Waals surface area contributed by atoms with Crippen LogP contribution in [-0.2, 0) is 22.5 Å². The van der Waals surface area contributed by atoms with E-state index in [-0.39, 0.29) is 18.3 Å². The molecule has 0 saturated carbocycles. The zero-order chi connectivity index (χ0) is 21.0. The van der Waals surface area contributed by atoms with Gasteiger partial charge in [-0.1, -0.05) is 36.4 Å². The first-order valence-corrected chi connectivity index (χ1v) is 11.1. The highest BCUT2D eigenvalue weighted by Gasteiger charge is 2.30. The zero-order valence-corrected chi connectivity index (χ0v) is 19.3. The molecule has 166 valence electrons. The van der Waals surface area contributed by atoms with E-state index in [1.165, 1.54) is 16.7 Å². The van der Waals surface area contributed by atoms with E-state index in [1.807, 2.05) is 18.2 Å². The molecule has 2 aliphatic rings. The number of nitrogens with zero attached hydrogens (tertiary/aromatic N) is 1. The number of amides is 1. The van der Waals surface area contributed by atoms with Crippen LogP contribution < -0.4 is 17.7 Å². The van der Waals surface area contributed by atoms with Gasteiger partial charge in [0.1, 0.15) is 6.54 Å². The summed E-state index contributed by atoms with van der Waals surface area (Å²) in [5.74, 6) is 0.0118. The highest BCUT2D eigenvalue weighted by molar-refractivity contribution is 6.06. The van der Waals surface area contributed by atoms with Crippen LogP contribution in [0.4, 0.5) is 5.69 Å². The van der Waals surface area contributed by atoms with Gasteiger partial charge in [-0.15, -0.1) is 0 Å². The number of hydrogen-bond acceptors (Lipinski definition) is 2. The van der Waals surface area contributed by atoms with Gasteiger partial charge in [0.05, 0.1) is 33.4 Å². The molecular weight excluding hydrogens is 408 g/mol. The van der Waals surface area contributed by atoms with Gasteiger partial charge in [-0.2, -0.15) is 0 Å². The number of ether oxygens (including phenoxy) is 1. The van der Waals surface area contributed by atoms with Gasteiger partial charge < -0.3 is 26.9 Å². The van der Waals surface area contributed by atoms with E-state index in [4.69, 9.17) is 4.74 Å². The lowest BCUT2D eigenvalue weighted by Crippen LogP contribution is -3.00. The third kappa shape index (κ3) is 5.97. The SMILES string of the molecule is C[N+](C)(Cc1ccc(NC(=O)C2=Cc3ccccc3CCC2)cc1)C1CCOCC1.[Cl-]. The highest BCUT2D eigenvalue weighted by atomic mass is 35.5. The standard InChI is InChI=1S/C26H32N2O2.ClH/c1-28(2,25-14-16-30-17-15-25)19-20-10-12-24(13-11-20)27-26(29)23-9-5-8-21-6-3-4-7-22(21)18-23;/h3-4,6-7,10-13,18,25H,5,8-9,14-17,19H2,1-2H3;1H. The molecule has 1 fully saturated rings. The Balaban J connectivity index is 0.00000272. The van der Waals surface area contributed by atoms with Gasteiger partial charge in [-0.3, -0.25) is 4.79 Å². The highest BCUT2D eigenvalue weighted by Crippen LogP contribution is 2.25. The Morgan fingerprint density at radius 1 is 1.03 bits per heavy atom. The Bertz CT molecular complexity index is 915. The molecule has 2 aromatic carbocycles. The van der Waals surface area contributed by atoms with E-state index in [2.05, 4.69) is 55.8 Å². The molecule has 1 amide bonds. The fourth-order valence-corrected chi connectivity index (χ4v) is 4.70. The van der Waals surface area contributed by atoms with Crippen molar-refractivity contribution in [2.75, 3.05) is 32.6 Å². The minimum atomic E-state index is 0. The van der Waals surface area contributed by atoms with Crippen LogP contribution in [-0.4, -0.2) is 43.7 Å². The lowest BCUT2D eigenvalue weighted by Gasteiger charge is -2.40. The topological polar surface area (TPSA) is 38.3 Å². The summed E-state index contributed by atoms with van der Waals surface area (Å²) in [5.41, 5.74) is 5.52. The first-order chi connectivity index (χ1) is 14.5. The van der Waals surface area contributed by atoms with Crippen molar-refractivity contribution in [2.24, 2.45) is 0 Å². The second kappa shape index (κ2) is 10.4. The van der Waals surface area contributed by atoms with E-state index in [0.717, 1.165) is 67.6 Å². The Morgan fingerprint density at radius 2 is 1.74 bits per heavy atom. The molecule has 0 spiro atoms. The third-order valence-corrected chi connectivity index (χ3v) is 6.55. The average Bonchev–Trinajstić information content (AvgIpc) is 2.98. The molecule has 1 N–H and O–H groups in total. The molecular formula is C26H33ClN2O2. The van der Waals surface area contributed by atoms with Gasteiger partial charge in [0, 0.05) is 29.7 Å². The number of nitrogens with one attached hydrogen (secondary N) is 1. The lowest BCUT2D eigenvalue weighted by molar-refractivity contribution is -0.929. The number of carbonyl (C=O) groups excluding carboxylic acids is 1. The fraction of sp³-hybridized carbons (Fsp3) is 0.423. The molecule has 4 rings (SSSR count). The molecule has 1 saturated heterocycles. The van der Waals surface area contributed by atoms with Crippen LogP contribution in [0.15, 0.2) is 54.1 Å². The van der Waals surface area contributed by atoms with Gasteiger partial charge >= 0.3 is 0 Å². The molecule has 4 nitrogen and oxygen atoms in total. The molecule has 0 aromatic heterocycles. The van der Waals surface area contributed by atoms with Crippen molar-refractivity contribution in [2.45, 2.75) is 44.7 Å². The van der Waals surface area contributed by atoms with Crippen LogP contribution >= 0.6 is 0 Å². The maximum Gasteiger partial charge on any atom is 0.251 e. The number of aryl methyl sites for hydroxylation is 1. The largest absolute Gasteiger partial charge is 1.00 e. The van der Waals surface area contributed by atoms with Crippen molar-refractivity contribution in [3.05, 3.63) is 70.8 Å². The molecule has 0 atom stereocenters. The second-order valence-corrected chi connectivity index (χ2v) is 9.15. The van der Waals surface area contributed by atoms with Crippen LogP contribution in [0.5, 0.6) is 0 Å². The molecule has 5 heteroatoms. The quantitative estimate of drug-likeness (QED) is 0.720. The average molecular weight is 441 g/mol. The number of quaternary nitrogens is 1. The summed E-state index contributed by atoms with van der Waals surface area (Å²) < 4.78 is 6.49. The van der Waals surface area contributed by atoms with Gasteiger partial charge in [-0.05, 0) is 48.6 Å². The Morgan fingerprint density at radius 3 is 2.48 bits per heavy atom. The summed E-state index contributed by atoms with van der Waals surface area (Å²) >= 11 is 0. The molecule has 0 bridgehead atoms. The molecule has 2 aromatic rings. The summed E-state index contributed by atoms with van der Waals surface area (Å²) in [6.07, 6.45) is 7.15. The number of fused-ring (bicyclic) bond motifs is 1. The maximum atomic E-state index is 12.9. The van der Waals surface area contributed by atoms with Crippen molar-refractivity contribution < 1.29 is 26.4 Å². The van der Waals surface area contributed by atoms with Crippen LogP contribution in [0, 0.1) is 0 Å². The monoisotopic (exact) mass is 440 g/mol. The van der Waals surface area contributed by atoms with E-state index in [9.17, 15) is 4.79 Å². The van der Waals surface area contributed by atoms with Crippen molar-refractivity contribution in [3.8, 4) is 0 Å². The first kappa shape index (κ1) is 23.5. The van der Waals surface area contributed by atoms with Gasteiger partial charge in [0.15, 0.2) is 0 Å². The number of rotatable bonds is 5. The van der Waals surface area contributed by atoms with Crippen molar-refractivity contribution in [1.29, 1.82) is 0 Å². The van der Waals surface area contributed by atoms with E-state index in [1.54, 1.807) is 0 Å². The van der Waals surface area contributed by atoms with Crippen LogP contribution in [0.1, 0.15) is 42.4 Å². The smallest absolute Gasteiger partial charge is 0.251 e. The summed E-state index contributed by atoms with van der Waals surface area (Å²) in [4.78, 5) is 12.9. The van der Waals surface area contributed by atoms with E-state index in [0.29, 0.717) is 6.04 Å². The third-order valence-electron chi connectivity index (χ3n) is 6.55. The molecule has 1 aliphatic carbocycles. The predicted octanol–water partition coefficient (Wildman–Crippen LogP) is 1.80. The van der Waals surface area contributed by atoms with Crippen molar-refractivity contribution in [1.82, 2.24) is 0 Å². The summed E-state index contributed by atoms with van der Waals surface area (Å²) in [6.45, 7) is 2.73. The fourth-order valence-electron chi connectivity index (χ4n) is 4.70. The van der Waals surface area contributed by atoms with Crippen LogP contribution in [0.2, 0.25) is 0 Å². The van der Waals surface area contributed by atoms with Gasteiger partial charge in [-0.25, -0.2) is 0 Å². The molecule has 0 unspecified atom stereocenters. The Kier molecular flexibility index (Phi) is 7.93. The first-order valence-electron chi connectivity index (χ1n) is 11.1. The summed E-state index contributed by atoms with van der Waals surface area (Å²) in [6, 6.07) is 17.4. The number of hydrogen-bond donors (Lipinski definition) is 1. The van der Waals surface area contributed by atoms with Crippen LogP contribution in [0.25, 0.3) is 6.08 Å². The van der Waals surface area contributed by atoms with Crippen molar-refractivity contribution >= 4 is 17.7 Å². The second-order valence-electron chi connectivity index (χ2n) is 9.15. The van der Waals surface area contributed by atoms with Gasteiger partial charge in [0.25, 0.3) is 5.91 Å². The Labute approximate surface area is 192 Å². The predicted molar refractivity (Wildman–Crippen MR) is 122 cm³/mol. The van der Waals surface area contributed by atoms with E-state index >= 15 is 0 Å². The maximum absolute atomic E-state index is 12.9. The normalized spacial score (nSPS) is 17.0. The number of halogens is 1. The summed E-state index contributed by atoms with van der Waals surface area (Å²) in [5, 5.41) is 3.09. The number of anilines is 1. The molecule has 31 heavy (non-hydrogen) atoms. The lowest BCUT2D eigenvalue weighted by atomic mass is 10.0. The van der Waals surface area contributed by atoms with E-state index < -0.39 is 0 Å². The Hall–Kier alpha value is -2.14.